The molecular weight excluding hydrogens is 168 g/mol. The molecule has 0 atom stereocenters. The van der Waals surface area contributed by atoms with E-state index in [4.69, 9.17) is 11.6 Å². The van der Waals surface area contributed by atoms with E-state index in [0.717, 1.165) is 31.8 Å². The molecule has 0 aliphatic carbocycles. The summed E-state index contributed by atoms with van der Waals surface area (Å²) in [6.07, 6.45) is 2.10. The molecule has 1 aliphatic heterocycles. The number of nitrogens with zero attached hydrogens (tertiary/aromatic N) is 3. The van der Waals surface area contributed by atoms with E-state index in [0.29, 0.717) is 5.92 Å². The van der Waals surface area contributed by atoms with Crippen LogP contribution in [0, 0.1) is 0 Å². The van der Waals surface area contributed by atoms with Crippen LogP contribution in [0.15, 0.2) is 0 Å². The van der Waals surface area contributed by atoms with Gasteiger partial charge < -0.3 is 16.9 Å². The smallest absolute Gasteiger partial charge is 0.240 e. The van der Waals surface area contributed by atoms with Gasteiger partial charge in [0.05, 0.1) is 0 Å². The molecule has 1 fully saturated rings. The minimum Gasteiger partial charge on any atom is -0.366 e. The number of aromatic nitrogens is 3. The van der Waals surface area contributed by atoms with Gasteiger partial charge in [0, 0.05) is 5.92 Å². The average molecular weight is 182 g/mol. The number of nitrogen functional groups attached to an aromatic ring is 2. The predicted molar refractivity (Wildman–Crippen MR) is 49.4 cm³/mol. The lowest BCUT2D eigenvalue weighted by atomic mass is 9.97. The first-order valence-corrected chi connectivity index (χ1v) is 4.45. The van der Waals surface area contributed by atoms with Gasteiger partial charge in [-0.05, 0) is 25.9 Å². The molecule has 0 spiro atoms. The third-order valence-electron chi connectivity index (χ3n) is 2.45. The second-order valence-electron chi connectivity index (χ2n) is 3.31. The van der Waals surface area contributed by atoms with Crippen molar-refractivity contribution in [2.24, 2.45) is 0 Å². The highest BCUT2D eigenvalue weighted by molar-refractivity contribution is 5.19. The van der Waals surface area contributed by atoms with E-state index in [2.05, 4.69) is 15.5 Å². The third kappa shape index (κ3) is 1.44. The molecule has 0 aromatic carbocycles. The number of nitrogens with one attached hydrogen (secondary N) is 1. The summed E-state index contributed by atoms with van der Waals surface area (Å²) in [5.74, 6) is 7.17. The Morgan fingerprint density at radius 1 is 1.31 bits per heavy atom. The Labute approximate surface area is 76.3 Å². The van der Waals surface area contributed by atoms with Gasteiger partial charge in [0.2, 0.25) is 5.95 Å². The molecular formula is C7H14N6. The molecule has 0 amide bonds. The minimum atomic E-state index is 0.286. The molecule has 6 heteroatoms. The Hall–Kier alpha value is -1.30. The molecule has 6 nitrogen and oxygen atoms in total. The van der Waals surface area contributed by atoms with Crippen LogP contribution in [0.3, 0.4) is 0 Å². The molecule has 72 valence electrons. The van der Waals surface area contributed by atoms with Gasteiger partial charge in [0.15, 0.2) is 5.82 Å². The van der Waals surface area contributed by atoms with Crippen LogP contribution in [-0.2, 0) is 0 Å². The minimum absolute atomic E-state index is 0.286. The van der Waals surface area contributed by atoms with Gasteiger partial charge in [-0.15, -0.1) is 10.2 Å². The van der Waals surface area contributed by atoms with Gasteiger partial charge in [-0.2, -0.15) is 0 Å². The zero-order valence-corrected chi connectivity index (χ0v) is 7.40. The van der Waals surface area contributed by atoms with Crippen molar-refractivity contribution in [2.45, 2.75) is 18.8 Å². The molecule has 2 heterocycles. The molecule has 0 bridgehead atoms. The number of hydrogen-bond donors (Lipinski definition) is 3. The first kappa shape index (κ1) is 8.31. The average Bonchev–Trinajstić information content (AvgIpc) is 2.49. The molecule has 1 aromatic rings. The highest BCUT2D eigenvalue weighted by Crippen LogP contribution is 2.22. The maximum Gasteiger partial charge on any atom is 0.240 e. The molecule has 0 radical (unpaired) electrons. The van der Waals surface area contributed by atoms with Gasteiger partial charge in [-0.25, -0.2) is 4.68 Å². The Morgan fingerprint density at radius 2 is 2.00 bits per heavy atom. The Bertz CT molecular complexity index is 287. The van der Waals surface area contributed by atoms with Gasteiger partial charge in [0.25, 0.3) is 0 Å². The zero-order valence-electron chi connectivity index (χ0n) is 7.40. The molecule has 5 N–H and O–H groups in total. The van der Waals surface area contributed by atoms with Crippen LogP contribution < -0.4 is 16.9 Å². The standard InChI is InChI=1S/C7H14N6/c8-7-12-11-6(13(7)9)5-1-3-10-4-2-5/h5,10H,1-4,9H2,(H2,8,12). The Morgan fingerprint density at radius 3 is 2.54 bits per heavy atom. The fourth-order valence-electron chi connectivity index (χ4n) is 1.67. The highest BCUT2D eigenvalue weighted by atomic mass is 15.4. The SMILES string of the molecule is Nc1nnc(C2CCNCC2)n1N. The zero-order chi connectivity index (χ0) is 9.26. The Balaban J connectivity index is 2.18. The summed E-state index contributed by atoms with van der Waals surface area (Å²) in [4.78, 5) is 0. The first-order chi connectivity index (χ1) is 6.29. The highest BCUT2D eigenvalue weighted by Gasteiger charge is 2.21. The van der Waals surface area contributed by atoms with Gasteiger partial charge in [0.1, 0.15) is 0 Å². The van der Waals surface area contributed by atoms with E-state index in [1.807, 2.05) is 0 Å². The molecule has 0 unspecified atom stereocenters. The van der Waals surface area contributed by atoms with Crippen LogP contribution in [0.1, 0.15) is 24.6 Å². The molecule has 1 saturated heterocycles. The fraction of sp³-hybridized carbons (Fsp3) is 0.714. The monoisotopic (exact) mass is 182 g/mol. The third-order valence-corrected chi connectivity index (χ3v) is 2.45. The number of nitrogens with two attached hydrogens (primary N) is 2. The second-order valence-corrected chi connectivity index (χ2v) is 3.31. The summed E-state index contributed by atoms with van der Waals surface area (Å²) in [7, 11) is 0. The molecule has 1 aromatic heterocycles. The van der Waals surface area contributed by atoms with Crippen molar-refractivity contribution < 1.29 is 0 Å². The van der Waals surface area contributed by atoms with Crippen molar-refractivity contribution >= 4 is 5.95 Å². The van der Waals surface area contributed by atoms with Crippen LogP contribution in [0.2, 0.25) is 0 Å². The summed E-state index contributed by atoms with van der Waals surface area (Å²) in [5.41, 5.74) is 5.50. The van der Waals surface area contributed by atoms with Crippen molar-refractivity contribution in [1.82, 2.24) is 20.2 Å². The summed E-state index contributed by atoms with van der Waals surface area (Å²) in [6, 6.07) is 0. The molecule has 13 heavy (non-hydrogen) atoms. The first-order valence-electron chi connectivity index (χ1n) is 4.45. The summed E-state index contributed by atoms with van der Waals surface area (Å²) in [6.45, 7) is 2.02. The quantitative estimate of drug-likeness (QED) is 0.486. The van der Waals surface area contributed by atoms with Crippen LogP contribution in [-0.4, -0.2) is 28.0 Å². The van der Waals surface area contributed by atoms with Crippen molar-refractivity contribution in [1.29, 1.82) is 0 Å². The van der Waals surface area contributed by atoms with E-state index < -0.39 is 0 Å². The normalized spacial score (nSPS) is 19.1. The second kappa shape index (κ2) is 3.21. The van der Waals surface area contributed by atoms with Crippen molar-refractivity contribution in [3.8, 4) is 0 Å². The fourth-order valence-corrected chi connectivity index (χ4v) is 1.67. The summed E-state index contributed by atoms with van der Waals surface area (Å²) < 4.78 is 1.38. The summed E-state index contributed by atoms with van der Waals surface area (Å²) in [5, 5.41) is 11.0. The maximum absolute atomic E-state index is 5.68. The lowest BCUT2D eigenvalue weighted by molar-refractivity contribution is 0.439. The topological polar surface area (TPSA) is 94.8 Å². The number of hydrogen-bond acceptors (Lipinski definition) is 5. The van der Waals surface area contributed by atoms with Crippen LogP contribution in [0.25, 0.3) is 0 Å². The predicted octanol–water partition coefficient (Wildman–Crippen LogP) is -0.959. The largest absolute Gasteiger partial charge is 0.366 e. The van der Waals surface area contributed by atoms with Crippen LogP contribution in [0.5, 0.6) is 0 Å². The number of rotatable bonds is 1. The van der Waals surface area contributed by atoms with Crippen LogP contribution in [0.4, 0.5) is 5.95 Å². The maximum atomic E-state index is 5.68. The van der Waals surface area contributed by atoms with E-state index in [1.54, 1.807) is 0 Å². The number of piperidine rings is 1. The van der Waals surface area contributed by atoms with Crippen molar-refractivity contribution in [3.05, 3.63) is 5.82 Å². The summed E-state index contributed by atoms with van der Waals surface area (Å²) >= 11 is 0. The van der Waals surface area contributed by atoms with Gasteiger partial charge >= 0.3 is 0 Å². The van der Waals surface area contributed by atoms with Gasteiger partial charge in [-0.3, -0.25) is 0 Å². The molecule has 0 saturated carbocycles. The van der Waals surface area contributed by atoms with Crippen LogP contribution >= 0.6 is 0 Å². The lowest BCUT2D eigenvalue weighted by Gasteiger charge is -2.21. The van der Waals surface area contributed by atoms with Gasteiger partial charge in [-0.1, -0.05) is 0 Å². The molecule has 2 rings (SSSR count). The van der Waals surface area contributed by atoms with E-state index in [-0.39, 0.29) is 5.95 Å². The lowest BCUT2D eigenvalue weighted by Crippen LogP contribution is -2.29. The molecule has 1 aliphatic rings. The number of anilines is 1. The Kier molecular flexibility index (Phi) is 2.05. The van der Waals surface area contributed by atoms with Crippen molar-refractivity contribution in [3.63, 3.8) is 0 Å². The van der Waals surface area contributed by atoms with E-state index >= 15 is 0 Å². The van der Waals surface area contributed by atoms with E-state index in [9.17, 15) is 0 Å². The van der Waals surface area contributed by atoms with E-state index in [1.165, 1.54) is 4.68 Å². The van der Waals surface area contributed by atoms with Crippen molar-refractivity contribution in [2.75, 3.05) is 24.7 Å².